The second kappa shape index (κ2) is 4.88. The first-order chi connectivity index (χ1) is 9.74. The van der Waals surface area contributed by atoms with Gasteiger partial charge >= 0.3 is 0 Å². The molecule has 2 unspecified atom stereocenters. The summed E-state index contributed by atoms with van der Waals surface area (Å²) in [5.41, 5.74) is 0.322. The Morgan fingerprint density at radius 3 is 2.81 bits per heavy atom. The van der Waals surface area contributed by atoms with Gasteiger partial charge in [-0.15, -0.1) is 0 Å². The maximum atomic E-state index is 11.5. The van der Waals surface area contributed by atoms with E-state index in [2.05, 4.69) is 0 Å². The van der Waals surface area contributed by atoms with E-state index < -0.39 is 21.5 Å². The van der Waals surface area contributed by atoms with Gasteiger partial charge in [0.1, 0.15) is 23.2 Å². The molecule has 0 saturated carbocycles. The Bertz CT molecular complexity index is 650. The van der Waals surface area contributed by atoms with E-state index in [1.165, 1.54) is 0 Å². The molecule has 2 heterocycles. The summed E-state index contributed by atoms with van der Waals surface area (Å²) in [5.74, 6) is 1.45. The van der Waals surface area contributed by atoms with Crippen molar-refractivity contribution in [2.24, 2.45) is 0 Å². The van der Waals surface area contributed by atoms with Crippen molar-refractivity contribution in [2.45, 2.75) is 44.5 Å². The molecule has 21 heavy (non-hydrogen) atoms. The zero-order chi connectivity index (χ0) is 15.3. The first kappa shape index (κ1) is 14.7. The number of fused-ring (bicyclic) bond motifs is 1. The highest BCUT2D eigenvalue weighted by atomic mass is 32.2. The van der Waals surface area contributed by atoms with E-state index in [-0.39, 0.29) is 17.6 Å². The van der Waals surface area contributed by atoms with Crippen LogP contribution in [0.5, 0.6) is 11.5 Å². The van der Waals surface area contributed by atoms with Gasteiger partial charge in [0.2, 0.25) is 0 Å². The summed E-state index contributed by atoms with van der Waals surface area (Å²) < 4.78 is 34.5. The summed E-state index contributed by atoms with van der Waals surface area (Å²) in [4.78, 5) is 0. The highest BCUT2D eigenvalue weighted by Crippen LogP contribution is 2.41. The van der Waals surface area contributed by atoms with E-state index in [1.807, 2.05) is 13.8 Å². The molecule has 2 aliphatic heterocycles. The van der Waals surface area contributed by atoms with Crippen LogP contribution in [0.3, 0.4) is 0 Å². The highest BCUT2D eigenvalue weighted by Gasteiger charge is 2.34. The van der Waals surface area contributed by atoms with Gasteiger partial charge in [-0.05, 0) is 32.4 Å². The number of hydrogen-bond donors (Lipinski definition) is 1. The van der Waals surface area contributed by atoms with Crippen LogP contribution < -0.4 is 9.47 Å². The third kappa shape index (κ3) is 3.16. The van der Waals surface area contributed by atoms with E-state index in [9.17, 15) is 13.5 Å². The molecule has 6 heteroatoms. The van der Waals surface area contributed by atoms with Gasteiger partial charge in [0, 0.05) is 18.1 Å². The molecule has 0 bridgehead atoms. The minimum atomic E-state index is -2.96. The molecule has 5 nitrogen and oxygen atoms in total. The summed E-state index contributed by atoms with van der Waals surface area (Å²) in [7, 11) is -2.96. The second-order valence-electron chi connectivity index (χ2n) is 6.42. The molecular formula is C15H20O5S. The zero-order valence-electron chi connectivity index (χ0n) is 12.2. The Morgan fingerprint density at radius 2 is 2.14 bits per heavy atom. The van der Waals surface area contributed by atoms with Crippen LogP contribution in [0.25, 0.3) is 0 Å². The van der Waals surface area contributed by atoms with Gasteiger partial charge < -0.3 is 14.6 Å². The number of rotatable bonds is 2. The standard InChI is InChI=1S/C15H20O5S/c1-15(2)8-13(16)12-4-3-10(7-14(12)20-15)19-11-5-6-21(17,18)9-11/h3-4,7,11,13,16H,5-6,8-9H2,1-2H3. The van der Waals surface area contributed by atoms with Crippen molar-refractivity contribution in [3.63, 3.8) is 0 Å². The van der Waals surface area contributed by atoms with E-state index in [1.54, 1.807) is 18.2 Å². The van der Waals surface area contributed by atoms with Crippen molar-refractivity contribution >= 4 is 9.84 Å². The minimum absolute atomic E-state index is 0.0685. The van der Waals surface area contributed by atoms with Crippen molar-refractivity contribution < 1.29 is 23.0 Å². The average Bonchev–Trinajstić information content (AvgIpc) is 2.66. The third-order valence-corrected chi connectivity index (χ3v) is 5.65. The van der Waals surface area contributed by atoms with Crippen LogP contribution in [-0.4, -0.2) is 36.7 Å². The van der Waals surface area contributed by atoms with Gasteiger partial charge in [0.15, 0.2) is 9.84 Å². The number of hydrogen-bond acceptors (Lipinski definition) is 5. The summed E-state index contributed by atoms with van der Waals surface area (Å²) in [6.45, 7) is 3.85. The quantitative estimate of drug-likeness (QED) is 0.902. The lowest BCUT2D eigenvalue weighted by atomic mass is 9.92. The molecular weight excluding hydrogens is 292 g/mol. The lowest BCUT2D eigenvalue weighted by molar-refractivity contribution is 0.0112. The monoisotopic (exact) mass is 312 g/mol. The van der Waals surface area contributed by atoms with Crippen molar-refractivity contribution in [1.29, 1.82) is 0 Å². The van der Waals surface area contributed by atoms with Crippen LogP contribution in [0.2, 0.25) is 0 Å². The molecule has 0 aromatic heterocycles. The fourth-order valence-electron chi connectivity index (χ4n) is 2.91. The Balaban J connectivity index is 1.80. The highest BCUT2D eigenvalue weighted by molar-refractivity contribution is 7.91. The first-order valence-corrected chi connectivity index (χ1v) is 8.94. The zero-order valence-corrected chi connectivity index (χ0v) is 13.0. The smallest absolute Gasteiger partial charge is 0.154 e. The minimum Gasteiger partial charge on any atom is -0.489 e. The predicted molar refractivity (Wildman–Crippen MR) is 78.4 cm³/mol. The Kier molecular flexibility index (Phi) is 3.41. The lowest BCUT2D eigenvalue weighted by Gasteiger charge is -2.35. The Morgan fingerprint density at radius 1 is 1.38 bits per heavy atom. The van der Waals surface area contributed by atoms with Gasteiger partial charge in [-0.2, -0.15) is 0 Å². The SMILES string of the molecule is CC1(C)CC(O)c2ccc(OC3CCS(=O)(=O)C3)cc2O1. The Hall–Kier alpha value is -1.27. The van der Waals surface area contributed by atoms with Crippen LogP contribution in [0.1, 0.15) is 38.4 Å². The molecule has 116 valence electrons. The topological polar surface area (TPSA) is 72.8 Å². The maximum Gasteiger partial charge on any atom is 0.154 e. The van der Waals surface area contributed by atoms with E-state index in [0.717, 1.165) is 5.56 Å². The first-order valence-electron chi connectivity index (χ1n) is 7.12. The molecule has 2 atom stereocenters. The molecule has 0 aliphatic carbocycles. The van der Waals surface area contributed by atoms with Crippen LogP contribution >= 0.6 is 0 Å². The maximum absolute atomic E-state index is 11.5. The summed E-state index contributed by atoms with van der Waals surface area (Å²) in [6, 6.07) is 5.28. The summed E-state index contributed by atoms with van der Waals surface area (Å²) in [6.07, 6.45) is 0.217. The van der Waals surface area contributed by atoms with Crippen LogP contribution in [0, 0.1) is 0 Å². The van der Waals surface area contributed by atoms with Crippen molar-refractivity contribution in [3.05, 3.63) is 23.8 Å². The second-order valence-corrected chi connectivity index (χ2v) is 8.65. The number of benzene rings is 1. The number of aliphatic hydroxyl groups is 1. The van der Waals surface area contributed by atoms with Gasteiger partial charge in [-0.3, -0.25) is 0 Å². The molecule has 1 fully saturated rings. The molecule has 0 radical (unpaired) electrons. The lowest BCUT2D eigenvalue weighted by Crippen LogP contribution is -2.34. The van der Waals surface area contributed by atoms with E-state index in [4.69, 9.17) is 9.47 Å². The van der Waals surface area contributed by atoms with E-state index in [0.29, 0.717) is 24.3 Å². The molecule has 1 aromatic rings. The molecule has 1 N–H and O–H groups in total. The fourth-order valence-corrected chi connectivity index (χ4v) is 4.50. The molecule has 1 saturated heterocycles. The van der Waals surface area contributed by atoms with Gasteiger partial charge in [0.25, 0.3) is 0 Å². The molecule has 0 spiro atoms. The number of aliphatic hydroxyl groups excluding tert-OH is 1. The summed E-state index contributed by atoms with van der Waals surface area (Å²) >= 11 is 0. The molecule has 3 rings (SSSR count). The van der Waals surface area contributed by atoms with Crippen LogP contribution in [0.4, 0.5) is 0 Å². The van der Waals surface area contributed by atoms with Crippen LogP contribution in [-0.2, 0) is 9.84 Å². The average molecular weight is 312 g/mol. The normalized spacial score (nSPS) is 29.5. The molecule has 0 amide bonds. The largest absolute Gasteiger partial charge is 0.489 e. The van der Waals surface area contributed by atoms with E-state index >= 15 is 0 Å². The van der Waals surface area contributed by atoms with Gasteiger partial charge in [0.05, 0.1) is 17.6 Å². The van der Waals surface area contributed by atoms with Crippen LogP contribution in [0.15, 0.2) is 18.2 Å². The third-order valence-electron chi connectivity index (χ3n) is 3.91. The van der Waals surface area contributed by atoms with Gasteiger partial charge in [-0.1, -0.05) is 0 Å². The number of ether oxygens (including phenoxy) is 2. The van der Waals surface area contributed by atoms with Crippen molar-refractivity contribution in [2.75, 3.05) is 11.5 Å². The summed E-state index contributed by atoms with van der Waals surface area (Å²) in [5, 5.41) is 10.1. The Labute approximate surface area is 124 Å². The van der Waals surface area contributed by atoms with Crippen molar-refractivity contribution in [1.82, 2.24) is 0 Å². The van der Waals surface area contributed by atoms with Crippen molar-refractivity contribution in [3.8, 4) is 11.5 Å². The van der Waals surface area contributed by atoms with Gasteiger partial charge in [-0.25, -0.2) is 8.42 Å². The predicted octanol–water partition coefficient (Wildman–Crippen LogP) is 1.85. The molecule has 1 aromatic carbocycles. The fraction of sp³-hybridized carbons (Fsp3) is 0.600. The molecule has 2 aliphatic rings. The number of sulfone groups is 1.